The fourth-order valence-electron chi connectivity index (χ4n) is 1.94. The lowest BCUT2D eigenvalue weighted by Gasteiger charge is -2.13. The van der Waals surface area contributed by atoms with Crippen LogP contribution >= 0.6 is 11.6 Å². The van der Waals surface area contributed by atoms with Gasteiger partial charge in [-0.3, -0.25) is 0 Å². The summed E-state index contributed by atoms with van der Waals surface area (Å²) < 4.78 is 0. The maximum absolute atomic E-state index is 6.25. The topological polar surface area (TPSA) is 102 Å². The summed E-state index contributed by atoms with van der Waals surface area (Å²) in [6.07, 6.45) is 2.25. The summed E-state index contributed by atoms with van der Waals surface area (Å²) in [5.74, 6) is 0.568. The maximum Gasteiger partial charge on any atom is 0.221 e. The Morgan fingerprint density at radius 1 is 1.15 bits per heavy atom. The minimum atomic E-state index is 0.175. The van der Waals surface area contributed by atoms with Crippen molar-refractivity contribution in [2.24, 2.45) is 0 Å². The molecule has 0 unspecified atom stereocenters. The molecule has 0 saturated carbocycles. The number of hydrogen-bond acceptors (Lipinski definition) is 6. The number of halogens is 1. The van der Waals surface area contributed by atoms with Crippen LogP contribution in [0.2, 0.25) is 5.02 Å². The molecule has 0 aliphatic heterocycles. The highest BCUT2D eigenvalue weighted by Gasteiger charge is 2.10. The summed E-state index contributed by atoms with van der Waals surface area (Å²) in [4.78, 5) is 7.93. The molecule has 0 aliphatic rings. The van der Waals surface area contributed by atoms with Crippen LogP contribution in [0.15, 0.2) is 18.3 Å². The van der Waals surface area contributed by atoms with Gasteiger partial charge in [0.25, 0.3) is 0 Å². The molecular weight excluding hydrogens is 276 g/mol. The third-order valence-electron chi connectivity index (χ3n) is 2.98. The Balaban J connectivity index is 2.38. The predicted molar refractivity (Wildman–Crippen MR) is 84.2 cm³/mol. The van der Waals surface area contributed by atoms with E-state index in [0.717, 1.165) is 22.5 Å². The molecule has 0 amide bonds. The SMILES string of the molecule is CNc1cc(Cc2cnc(N)nc2N)cc(NC)c1Cl. The highest BCUT2D eigenvalue weighted by Crippen LogP contribution is 2.32. The molecular formula is C13H17ClN6. The van der Waals surface area contributed by atoms with Crippen LogP contribution in [0.5, 0.6) is 0 Å². The molecule has 7 heteroatoms. The number of nitrogens with one attached hydrogen (secondary N) is 2. The van der Waals surface area contributed by atoms with Gasteiger partial charge in [-0.1, -0.05) is 11.6 Å². The molecule has 1 aromatic heterocycles. The van der Waals surface area contributed by atoms with Crippen molar-refractivity contribution in [2.75, 3.05) is 36.2 Å². The molecule has 2 aromatic rings. The number of nitrogen functional groups attached to an aromatic ring is 2. The maximum atomic E-state index is 6.25. The van der Waals surface area contributed by atoms with E-state index in [2.05, 4.69) is 20.6 Å². The van der Waals surface area contributed by atoms with Gasteiger partial charge < -0.3 is 22.1 Å². The number of benzene rings is 1. The van der Waals surface area contributed by atoms with Crippen LogP contribution in [0, 0.1) is 0 Å². The fraction of sp³-hybridized carbons (Fsp3) is 0.231. The molecule has 106 valence electrons. The number of nitrogens with zero attached hydrogens (tertiary/aromatic N) is 2. The van der Waals surface area contributed by atoms with Crippen LogP contribution in [0.3, 0.4) is 0 Å². The Kier molecular flexibility index (Phi) is 4.14. The number of nitrogens with two attached hydrogens (primary N) is 2. The van der Waals surface area contributed by atoms with E-state index in [1.165, 1.54) is 0 Å². The summed E-state index contributed by atoms with van der Waals surface area (Å²) in [6.45, 7) is 0. The summed E-state index contributed by atoms with van der Waals surface area (Å²) >= 11 is 6.25. The van der Waals surface area contributed by atoms with Crippen molar-refractivity contribution in [3.8, 4) is 0 Å². The first-order valence-corrected chi connectivity index (χ1v) is 6.47. The molecule has 0 spiro atoms. The Bertz CT molecular complexity index is 603. The van der Waals surface area contributed by atoms with Gasteiger partial charge in [-0.25, -0.2) is 4.98 Å². The lowest BCUT2D eigenvalue weighted by atomic mass is 10.0. The molecule has 0 radical (unpaired) electrons. The Morgan fingerprint density at radius 2 is 1.75 bits per heavy atom. The lowest BCUT2D eigenvalue weighted by molar-refractivity contribution is 1.09. The van der Waals surface area contributed by atoms with E-state index >= 15 is 0 Å². The van der Waals surface area contributed by atoms with Crippen molar-refractivity contribution in [1.29, 1.82) is 0 Å². The van der Waals surface area contributed by atoms with E-state index in [1.807, 2.05) is 26.2 Å². The summed E-state index contributed by atoms with van der Waals surface area (Å²) in [5.41, 5.74) is 14.9. The highest BCUT2D eigenvalue weighted by atomic mass is 35.5. The van der Waals surface area contributed by atoms with Crippen molar-refractivity contribution in [3.05, 3.63) is 34.5 Å². The molecule has 1 heterocycles. The zero-order chi connectivity index (χ0) is 14.7. The highest BCUT2D eigenvalue weighted by molar-refractivity contribution is 6.35. The molecule has 6 nitrogen and oxygen atoms in total. The second-order valence-corrected chi connectivity index (χ2v) is 4.70. The van der Waals surface area contributed by atoms with E-state index in [9.17, 15) is 0 Å². The van der Waals surface area contributed by atoms with Crippen LogP contribution in [-0.2, 0) is 6.42 Å². The summed E-state index contributed by atoms with van der Waals surface area (Å²) in [7, 11) is 3.65. The van der Waals surface area contributed by atoms with E-state index in [0.29, 0.717) is 17.3 Å². The molecule has 0 aliphatic carbocycles. The van der Waals surface area contributed by atoms with Crippen molar-refractivity contribution >= 4 is 34.7 Å². The largest absolute Gasteiger partial charge is 0.387 e. The molecule has 0 saturated heterocycles. The first kappa shape index (κ1) is 14.2. The second-order valence-electron chi connectivity index (χ2n) is 4.32. The standard InChI is InChI=1S/C13H17ClN6/c1-17-9-4-7(5-10(18-2)11(9)14)3-8-6-19-13(16)20-12(8)15/h4-6,17-18H,3H2,1-2H3,(H4,15,16,19,20). The lowest BCUT2D eigenvalue weighted by Crippen LogP contribution is -2.05. The first-order chi connectivity index (χ1) is 9.55. The smallest absolute Gasteiger partial charge is 0.221 e. The monoisotopic (exact) mass is 292 g/mol. The van der Waals surface area contributed by atoms with Crippen LogP contribution in [-0.4, -0.2) is 24.1 Å². The van der Waals surface area contributed by atoms with Crippen molar-refractivity contribution in [3.63, 3.8) is 0 Å². The third-order valence-corrected chi connectivity index (χ3v) is 3.39. The third kappa shape index (κ3) is 2.85. The normalized spacial score (nSPS) is 10.3. The van der Waals surface area contributed by atoms with Crippen LogP contribution in [0.4, 0.5) is 23.1 Å². The predicted octanol–water partition coefficient (Wildman–Crippen LogP) is 1.97. The number of rotatable bonds is 4. The molecule has 6 N–H and O–H groups in total. The van der Waals surface area contributed by atoms with Crippen molar-refractivity contribution < 1.29 is 0 Å². The fourth-order valence-corrected chi connectivity index (χ4v) is 2.24. The zero-order valence-electron chi connectivity index (χ0n) is 11.4. The van der Waals surface area contributed by atoms with Gasteiger partial charge in [0.1, 0.15) is 5.82 Å². The Labute approximate surface area is 122 Å². The molecule has 0 bridgehead atoms. The minimum Gasteiger partial charge on any atom is -0.387 e. The van der Waals surface area contributed by atoms with Gasteiger partial charge in [0.2, 0.25) is 5.95 Å². The van der Waals surface area contributed by atoms with Crippen molar-refractivity contribution in [1.82, 2.24) is 9.97 Å². The quantitative estimate of drug-likeness (QED) is 0.687. The van der Waals surface area contributed by atoms with Gasteiger partial charge in [0, 0.05) is 32.3 Å². The average molecular weight is 293 g/mol. The second kappa shape index (κ2) is 5.83. The molecule has 0 atom stereocenters. The number of aromatic nitrogens is 2. The Hall–Kier alpha value is -2.21. The van der Waals surface area contributed by atoms with Gasteiger partial charge in [0.05, 0.1) is 16.4 Å². The van der Waals surface area contributed by atoms with E-state index in [1.54, 1.807) is 6.20 Å². The minimum absolute atomic E-state index is 0.175. The van der Waals surface area contributed by atoms with Crippen LogP contribution in [0.25, 0.3) is 0 Å². The zero-order valence-corrected chi connectivity index (χ0v) is 12.1. The number of anilines is 4. The molecule has 1 aromatic carbocycles. The van der Waals surface area contributed by atoms with Gasteiger partial charge >= 0.3 is 0 Å². The summed E-state index contributed by atoms with van der Waals surface area (Å²) in [6, 6.07) is 3.94. The van der Waals surface area contributed by atoms with Gasteiger partial charge in [-0.2, -0.15) is 4.98 Å². The van der Waals surface area contributed by atoms with Gasteiger partial charge in [-0.05, 0) is 17.7 Å². The average Bonchev–Trinajstić information content (AvgIpc) is 2.43. The van der Waals surface area contributed by atoms with E-state index in [4.69, 9.17) is 23.1 Å². The summed E-state index contributed by atoms with van der Waals surface area (Å²) in [5, 5.41) is 6.78. The van der Waals surface area contributed by atoms with E-state index < -0.39 is 0 Å². The van der Waals surface area contributed by atoms with E-state index in [-0.39, 0.29) is 5.95 Å². The van der Waals surface area contributed by atoms with Crippen molar-refractivity contribution in [2.45, 2.75) is 6.42 Å². The van der Waals surface area contributed by atoms with Gasteiger partial charge in [0.15, 0.2) is 0 Å². The van der Waals surface area contributed by atoms with Gasteiger partial charge in [-0.15, -0.1) is 0 Å². The van der Waals surface area contributed by atoms with Crippen LogP contribution in [0.1, 0.15) is 11.1 Å². The first-order valence-electron chi connectivity index (χ1n) is 6.10. The van der Waals surface area contributed by atoms with Crippen LogP contribution < -0.4 is 22.1 Å². The number of hydrogen-bond donors (Lipinski definition) is 4. The molecule has 20 heavy (non-hydrogen) atoms. The molecule has 2 rings (SSSR count). The Morgan fingerprint density at radius 3 is 2.25 bits per heavy atom. The molecule has 0 fully saturated rings.